The summed E-state index contributed by atoms with van der Waals surface area (Å²) in [6.07, 6.45) is 7.20. The minimum atomic E-state index is -0.748. The number of piperidine rings is 1. The van der Waals surface area contributed by atoms with Crippen molar-refractivity contribution in [3.63, 3.8) is 0 Å². The number of aliphatic carboxylic acids is 1. The molecule has 2 unspecified atom stereocenters. The SMILES string of the molecule is O=C(O)CC1CC(c2cncnc2)CCN1. The third kappa shape index (κ3) is 2.76. The van der Waals surface area contributed by atoms with E-state index in [9.17, 15) is 4.79 Å². The summed E-state index contributed by atoms with van der Waals surface area (Å²) in [7, 11) is 0. The van der Waals surface area contributed by atoms with Crippen molar-refractivity contribution in [1.82, 2.24) is 15.3 Å². The molecule has 1 aliphatic rings. The van der Waals surface area contributed by atoms with E-state index < -0.39 is 5.97 Å². The van der Waals surface area contributed by atoms with Crippen LogP contribution in [-0.2, 0) is 4.79 Å². The molecule has 5 heteroatoms. The second-order valence-electron chi connectivity index (χ2n) is 4.14. The first-order chi connectivity index (χ1) is 7.75. The first-order valence-corrected chi connectivity index (χ1v) is 5.46. The first kappa shape index (κ1) is 11.0. The van der Waals surface area contributed by atoms with Crippen LogP contribution in [0.1, 0.15) is 30.7 Å². The van der Waals surface area contributed by atoms with Gasteiger partial charge in [-0.3, -0.25) is 4.79 Å². The van der Waals surface area contributed by atoms with E-state index in [4.69, 9.17) is 5.11 Å². The molecule has 1 aliphatic heterocycles. The standard InChI is InChI=1S/C11H15N3O2/c15-11(16)4-10-3-8(1-2-14-10)9-5-12-7-13-6-9/h5-8,10,14H,1-4H2,(H,15,16). The van der Waals surface area contributed by atoms with Gasteiger partial charge in [0.15, 0.2) is 0 Å². The lowest BCUT2D eigenvalue weighted by Gasteiger charge is -2.29. The van der Waals surface area contributed by atoms with E-state index in [0.29, 0.717) is 5.92 Å². The fourth-order valence-corrected chi connectivity index (χ4v) is 2.20. The molecule has 1 aromatic rings. The number of hydrogen-bond donors (Lipinski definition) is 2. The van der Waals surface area contributed by atoms with Crippen molar-refractivity contribution in [1.29, 1.82) is 0 Å². The molecule has 1 fully saturated rings. The highest BCUT2D eigenvalue weighted by molar-refractivity contribution is 5.67. The van der Waals surface area contributed by atoms with Gasteiger partial charge in [0.2, 0.25) is 0 Å². The summed E-state index contributed by atoms with van der Waals surface area (Å²) in [4.78, 5) is 18.6. The van der Waals surface area contributed by atoms with Crippen LogP contribution in [0.25, 0.3) is 0 Å². The quantitative estimate of drug-likeness (QED) is 0.789. The second-order valence-corrected chi connectivity index (χ2v) is 4.14. The normalized spacial score (nSPS) is 25.2. The number of aromatic nitrogens is 2. The topological polar surface area (TPSA) is 75.1 Å². The molecule has 1 aromatic heterocycles. The van der Waals surface area contributed by atoms with Gasteiger partial charge in [-0.15, -0.1) is 0 Å². The van der Waals surface area contributed by atoms with Gasteiger partial charge in [-0.05, 0) is 30.9 Å². The number of carbonyl (C=O) groups is 1. The maximum atomic E-state index is 10.6. The van der Waals surface area contributed by atoms with Crippen LogP contribution in [0.4, 0.5) is 0 Å². The smallest absolute Gasteiger partial charge is 0.304 e. The molecule has 0 aliphatic carbocycles. The van der Waals surface area contributed by atoms with E-state index in [-0.39, 0.29) is 12.5 Å². The number of hydrogen-bond acceptors (Lipinski definition) is 4. The Kier molecular flexibility index (Phi) is 3.46. The average Bonchev–Trinajstić information content (AvgIpc) is 2.30. The lowest BCUT2D eigenvalue weighted by Crippen LogP contribution is -2.38. The summed E-state index contributed by atoms with van der Waals surface area (Å²) in [5.41, 5.74) is 1.11. The highest BCUT2D eigenvalue weighted by atomic mass is 16.4. The van der Waals surface area contributed by atoms with Gasteiger partial charge in [0.1, 0.15) is 6.33 Å². The van der Waals surface area contributed by atoms with Gasteiger partial charge in [-0.1, -0.05) is 0 Å². The zero-order chi connectivity index (χ0) is 11.4. The third-order valence-electron chi connectivity index (χ3n) is 2.97. The van der Waals surface area contributed by atoms with E-state index >= 15 is 0 Å². The molecular weight excluding hydrogens is 206 g/mol. The molecule has 0 amide bonds. The summed E-state index contributed by atoms with van der Waals surface area (Å²) in [5, 5.41) is 12.0. The van der Waals surface area contributed by atoms with Crippen LogP contribution in [0.5, 0.6) is 0 Å². The highest BCUT2D eigenvalue weighted by Gasteiger charge is 2.24. The van der Waals surface area contributed by atoms with Gasteiger partial charge >= 0.3 is 5.97 Å². The minimum Gasteiger partial charge on any atom is -0.481 e. The summed E-state index contributed by atoms with van der Waals surface area (Å²) in [5.74, 6) is -0.366. The molecule has 0 saturated carbocycles. The Morgan fingerprint density at radius 3 is 2.94 bits per heavy atom. The lowest BCUT2D eigenvalue weighted by molar-refractivity contribution is -0.137. The van der Waals surface area contributed by atoms with Crippen molar-refractivity contribution < 1.29 is 9.90 Å². The number of carboxylic acids is 1. The van der Waals surface area contributed by atoms with E-state index in [1.54, 1.807) is 0 Å². The minimum absolute atomic E-state index is 0.0662. The lowest BCUT2D eigenvalue weighted by atomic mass is 9.87. The Morgan fingerprint density at radius 1 is 1.50 bits per heavy atom. The molecule has 0 bridgehead atoms. The van der Waals surface area contributed by atoms with E-state index in [1.165, 1.54) is 6.33 Å². The highest BCUT2D eigenvalue weighted by Crippen LogP contribution is 2.27. The molecule has 1 saturated heterocycles. The van der Waals surface area contributed by atoms with Crippen molar-refractivity contribution in [3.8, 4) is 0 Å². The number of nitrogens with one attached hydrogen (secondary N) is 1. The van der Waals surface area contributed by atoms with Gasteiger partial charge in [-0.25, -0.2) is 9.97 Å². The molecule has 2 heterocycles. The van der Waals surface area contributed by atoms with Crippen molar-refractivity contribution >= 4 is 5.97 Å². The first-order valence-electron chi connectivity index (χ1n) is 5.46. The van der Waals surface area contributed by atoms with Crippen LogP contribution in [0, 0.1) is 0 Å². The van der Waals surface area contributed by atoms with Crippen LogP contribution in [0.15, 0.2) is 18.7 Å². The predicted molar refractivity (Wildman–Crippen MR) is 58.1 cm³/mol. The number of nitrogens with zero attached hydrogens (tertiary/aromatic N) is 2. The van der Waals surface area contributed by atoms with Crippen LogP contribution in [0.2, 0.25) is 0 Å². The Labute approximate surface area is 93.9 Å². The van der Waals surface area contributed by atoms with Gasteiger partial charge < -0.3 is 10.4 Å². The van der Waals surface area contributed by atoms with Crippen LogP contribution in [-0.4, -0.2) is 33.6 Å². The fourth-order valence-electron chi connectivity index (χ4n) is 2.20. The summed E-state index contributed by atoms with van der Waals surface area (Å²) in [6, 6.07) is 0.0662. The van der Waals surface area contributed by atoms with Crippen LogP contribution < -0.4 is 5.32 Å². The molecule has 2 rings (SSSR count). The third-order valence-corrected chi connectivity index (χ3v) is 2.97. The van der Waals surface area contributed by atoms with Crippen LogP contribution >= 0.6 is 0 Å². The Morgan fingerprint density at radius 2 is 2.25 bits per heavy atom. The van der Waals surface area contributed by atoms with Gasteiger partial charge in [0.25, 0.3) is 0 Å². The van der Waals surface area contributed by atoms with E-state index in [2.05, 4.69) is 15.3 Å². The maximum absolute atomic E-state index is 10.6. The van der Waals surface area contributed by atoms with E-state index in [1.807, 2.05) is 12.4 Å². The Bertz CT molecular complexity index is 356. The van der Waals surface area contributed by atoms with Crippen molar-refractivity contribution in [3.05, 3.63) is 24.3 Å². The Balaban J connectivity index is 1.99. The van der Waals surface area contributed by atoms with E-state index in [0.717, 1.165) is 24.9 Å². The largest absolute Gasteiger partial charge is 0.481 e. The van der Waals surface area contributed by atoms with Crippen LogP contribution in [0.3, 0.4) is 0 Å². The van der Waals surface area contributed by atoms with Crippen molar-refractivity contribution in [2.75, 3.05) is 6.54 Å². The fraction of sp³-hybridized carbons (Fsp3) is 0.545. The molecule has 2 N–H and O–H groups in total. The monoisotopic (exact) mass is 221 g/mol. The van der Waals surface area contributed by atoms with Crippen molar-refractivity contribution in [2.24, 2.45) is 0 Å². The zero-order valence-electron chi connectivity index (χ0n) is 8.97. The van der Waals surface area contributed by atoms with Gasteiger partial charge in [0, 0.05) is 18.4 Å². The molecule has 5 nitrogen and oxygen atoms in total. The van der Waals surface area contributed by atoms with Crippen molar-refractivity contribution in [2.45, 2.75) is 31.2 Å². The molecule has 2 atom stereocenters. The number of rotatable bonds is 3. The zero-order valence-corrected chi connectivity index (χ0v) is 8.97. The number of carboxylic acid groups (broad SMARTS) is 1. The van der Waals surface area contributed by atoms with Gasteiger partial charge in [0.05, 0.1) is 6.42 Å². The maximum Gasteiger partial charge on any atom is 0.304 e. The summed E-state index contributed by atoms with van der Waals surface area (Å²) >= 11 is 0. The molecular formula is C11H15N3O2. The molecule has 86 valence electrons. The summed E-state index contributed by atoms with van der Waals surface area (Å²) in [6.45, 7) is 0.859. The summed E-state index contributed by atoms with van der Waals surface area (Å²) < 4.78 is 0. The van der Waals surface area contributed by atoms with Gasteiger partial charge in [-0.2, -0.15) is 0 Å². The molecule has 0 aromatic carbocycles. The molecule has 0 spiro atoms. The Hall–Kier alpha value is -1.49. The molecule has 16 heavy (non-hydrogen) atoms. The average molecular weight is 221 g/mol. The molecule has 0 radical (unpaired) electrons. The predicted octanol–water partition coefficient (Wildman–Crippen LogP) is 0.787. The second kappa shape index (κ2) is 5.03.